The van der Waals surface area contributed by atoms with Crippen LogP contribution < -0.4 is 4.72 Å². The van der Waals surface area contributed by atoms with E-state index in [1.807, 2.05) is 4.72 Å². The van der Waals surface area contributed by atoms with Gasteiger partial charge in [-0.1, -0.05) is 0 Å². The standard InChI is InChI=1S/C7H7FN2O4S/c8-6-2-1-5(4-10(11)12)3-7(6)9-15(13)14/h1-3,9H,4H2,(H,13,14). The van der Waals surface area contributed by atoms with E-state index in [9.17, 15) is 18.7 Å². The van der Waals surface area contributed by atoms with Crippen molar-refractivity contribution in [3.8, 4) is 0 Å². The van der Waals surface area contributed by atoms with Crippen molar-refractivity contribution in [3.05, 3.63) is 39.7 Å². The predicted octanol–water partition coefficient (Wildman–Crippen LogP) is 1.15. The number of anilines is 1. The first-order valence-corrected chi connectivity index (χ1v) is 4.87. The van der Waals surface area contributed by atoms with Crippen molar-refractivity contribution in [3.63, 3.8) is 0 Å². The van der Waals surface area contributed by atoms with E-state index >= 15 is 0 Å². The lowest BCUT2D eigenvalue weighted by Crippen LogP contribution is -2.05. The molecule has 0 aliphatic heterocycles. The van der Waals surface area contributed by atoms with Gasteiger partial charge in [0.05, 0.1) is 5.69 Å². The maximum absolute atomic E-state index is 13.0. The van der Waals surface area contributed by atoms with Crippen LogP contribution in [0.4, 0.5) is 10.1 Å². The van der Waals surface area contributed by atoms with Gasteiger partial charge in [-0.25, -0.2) is 8.60 Å². The zero-order valence-corrected chi connectivity index (χ0v) is 8.16. The summed E-state index contributed by atoms with van der Waals surface area (Å²) in [6, 6.07) is 3.35. The molecular formula is C7H7FN2O4S. The van der Waals surface area contributed by atoms with Crippen molar-refractivity contribution in [2.45, 2.75) is 6.54 Å². The molecule has 0 amide bonds. The molecule has 0 aliphatic carbocycles. The lowest BCUT2D eigenvalue weighted by molar-refractivity contribution is -0.496. The Morgan fingerprint density at radius 3 is 2.80 bits per heavy atom. The van der Waals surface area contributed by atoms with Crippen LogP contribution in [0.3, 0.4) is 0 Å². The van der Waals surface area contributed by atoms with Crippen LogP contribution in [0.25, 0.3) is 0 Å². The second-order valence-corrected chi connectivity index (χ2v) is 3.36. The van der Waals surface area contributed by atoms with E-state index in [1.165, 1.54) is 6.07 Å². The second-order valence-electron chi connectivity index (χ2n) is 2.66. The Balaban J connectivity index is 2.94. The van der Waals surface area contributed by atoms with Gasteiger partial charge in [0.25, 0.3) is 11.3 Å². The highest BCUT2D eigenvalue weighted by molar-refractivity contribution is 7.80. The number of nitrogens with zero attached hydrogens (tertiary/aromatic N) is 1. The molecule has 0 aliphatic rings. The van der Waals surface area contributed by atoms with Crippen LogP contribution in [0.15, 0.2) is 18.2 Å². The summed E-state index contributed by atoms with van der Waals surface area (Å²) >= 11 is -2.41. The van der Waals surface area contributed by atoms with Crippen LogP contribution in [-0.4, -0.2) is 13.7 Å². The number of hydrogen-bond donors (Lipinski definition) is 2. The summed E-state index contributed by atoms with van der Waals surface area (Å²) < 4.78 is 33.7. The SMILES string of the molecule is O=[N+]([O-])Cc1ccc(F)c(NS(=O)O)c1. The van der Waals surface area contributed by atoms with Gasteiger partial charge in [-0.15, -0.1) is 0 Å². The summed E-state index contributed by atoms with van der Waals surface area (Å²) in [5.41, 5.74) is 0.00420. The Labute approximate surface area is 86.7 Å². The van der Waals surface area contributed by atoms with E-state index in [2.05, 4.69) is 0 Å². The summed E-state index contributed by atoms with van der Waals surface area (Å²) in [7, 11) is 0. The molecule has 0 fully saturated rings. The van der Waals surface area contributed by atoms with Gasteiger partial charge in [-0.3, -0.25) is 19.4 Å². The molecule has 0 saturated carbocycles. The van der Waals surface area contributed by atoms with Crippen LogP contribution in [0.1, 0.15) is 5.56 Å². The van der Waals surface area contributed by atoms with Crippen molar-refractivity contribution in [1.29, 1.82) is 0 Å². The van der Waals surface area contributed by atoms with Crippen molar-refractivity contribution in [2.75, 3.05) is 4.72 Å². The normalized spacial score (nSPS) is 12.1. The van der Waals surface area contributed by atoms with Crippen LogP contribution in [-0.2, 0) is 17.8 Å². The van der Waals surface area contributed by atoms with Crippen LogP contribution >= 0.6 is 0 Å². The molecule has 0 heterocycles. The van der Waals surface area contributed by atoms with Gasteiger partial charge in [0, 0.05) is 10.5 Å². The topological polar surface area (TPSA) is 92.5 Å². The molecule has 8 heteroatoms. The first kappa shape index (κ1) is 11.5. The minimum absolute atomic E-state index is 0.241. The van der Waals surface area contributed by atoms with Gasteiger partial charge in [0.2, 0.25) is 6.54 Å². The summed E-state index contributed by atoms with van der Waals surface area (Å²) in [6.07, 6.45) is 0. The Bertz CT molecular complexity index is 412. The molecule has 1 aromatic rings. The Kier molecular flexibility index (Phi) is 3.69. The van der Waals surface area contributed by atoms with E-state index in [-0.39, 0.29) is 11.3 Å². The highest BCUT2D eigenvalue weighted by atomic mass is 32.2. The number of benzene rings is 1. The predicted molar refractivity (Wildman–Crippen MR) is 51.5 cm³/mol. The van der Waals surface area contributed by atoms with Gasteiger partial charge >= 0.3 is 0 Å². The minimum atomic E-state index is -2.41. The maximum Gasteiger partial charge on any atom is 0.259 e. The first-order valence-electron chi connectivity index (χ1n) is 3.77. The lowest BCUT2D eigenvalue weighted by atomic mass is 10.2. The molecule has 15 heavy (non-hydrogen) atoms. The van der Waals surface area contributed by atoms with Gasteiger partial charge in [-0.05, 0) is 18.2 Å². The van der Waals surface area contributed by atoms with Crippen molar-refractivity contribution in [1.82, 2.24) is 0 Å². The van der Waals surface area contributed by atoms with Gasteiger partial charge in [0.15, 0.2) is 0 Å². The monoisotopic (exact) mass is 234 g/mol. The van der Waals surface area contributed by atoms with E-state index in [4.69, 9.17) is 4.55 Å². The number of nitrogens with one attached hydrogen (secondary N) is 1. The molecule has 1 rings (SSSR count). The molecule has 0 radical (unpaired) electrons. The third kappa shape index (κ3) is 3.60. The third-order valence-corrected chi connectivity index (χ3v) is 1.93. The first-order chi connectivity index (χ1) is 6.99. The quantitative estimate of drug-likeness (QED) is 0.464. The molecule has 0 bridgehead atoms. The molecule has 1 aromatic carbocycles. The molecule has 1 unspecified atom stereocenters. The average Bonchev–Trinajstić information content (AvgIpc) is 2.09. The zero-order valence-electron chi connectivity index (χ0n) is 7.34. The molecule has 6 nitrogen and oxygen atoms in total. The highest BCUT2D eigenvalue weighted by Crippen LogP contribution is 2.16. The van der Waals surface area contributed by atoms with Crippen molar-refractivity contribution in [2.24, 2.45) is 0 Å². The van der Waals surface area contributed by atoms with E-state index in [1.54, 1.807) is 0 Å². The van der Waals surface area contributed by atoms with Gasteiger partial charge in [0.1, 0.15) is 5.82 Å². The summed E-state index contributed by atoms with van der Waals surface area (Å²) in [5.74, 6) is -0.746. The van der Waals surface area contributed by atoms with Gasteiger partial charge < -0.3 is 0 Å². The molecule has 2 N–H and O–H groups in total. The second kappa shape index (κ2) is 4.80. The Hall–Kier alpha value is -1.54. The Morgan fingerprint density at radius 2 is 2.27 bits per heavy atom. The van der Waals surface area contributed by atoms with Crippen LogP contribution in [0.5, 0.6) is 0 Å². The Morgan fingerprint density at radius 1 is 1.60 bits per heavy atom. The fourth-order valence-electron chi connectivity index (χ4n) is 0.992. The largest absolute Gasteiger partial charge is 0.289 e. The smallest absolute Gasteiger partial charge is 0.259 e. The summed E-state index contributed by atoms with van der Waals surface area (Å²) in [5, 5.41) is 10.2. The lowest BCUT2D eigenvalue weighted by Gasteiger charge is -2.04. The van der Waals surface area contributed by atoms with Crippen molar-refractivity contribution < 1.29 is 18.1 Å². The number of rotatable bonds is 4. The fraction of sp³-hybridized carbons (Fsp3) is 0.143. The van der Waals surface area contributed by atoms with E-state index < -0.39 is 28.6 Å². The number of nitro groups is 1. The summed E-state index contributed by atoms with van der Waals surface area (Å²) in [4.78, 5) is 9.59. The number of halogens is 1. The molecule has 0 saturated heterocycles. The molecule has 0 aromatic heterocycles. The number of hydrogen-bond acceptors (Lipinski definition) is 3. The van der Waals surface area contributed by atoms with Gasteiger partial charge in [-0.2, -0.15) is 0 Å². The third-order valence-electron chi connectivity index (χ3n) is 1.54. The van der Waals surface area contributed by atoms with Crippen LogP contribution in [0.2, 0.25) is 0 Å². The molecular weight excluding hydrogens is 227 g/mol. The highest BCUT2D eigenvalue weighted by Gasteiger charge is 2.08. The fourth-order valence-corrected chi connectivity index (χ4v) is 1.34. The summed E-state index contributed by atoms with van der Waals surface area (Å²) in [6.45, 7) is -0.465. The molecule has 82 valence electrons. The minimum Gasteiger partial charge on any atom is -0.289 e. The maximum atomic E-state index is 13.0. The zero-order chi connectivity index (χ0) is 11.4. The molecule has 1 atom stereocenters. The molecule has 0 spiro atoms. The van der Waals surface area contributed by atoms with E-state index in [0.29, 0.717) is 0 Å². The average molecular weight is 234 g/mol. The van der Waals surface area contributed by atoms with Crippen molar-refractivity contribution >= 4 is 17.0 Å². The van der Waals surface area contributed by atoms with E-state index in [0.717, 1.165) is 12.1 Å². The van der Waals surface area contributed by atoms with Crippen LogP contribution in [0, 0.1) is 15.9 Å².